The molecule has 28 heavy (non-hydrogen) atoms. The van der Waals surface area contributed by atoms with E-state index >= 15 is 0 Å². The molecule has 1 unspecified atom stereocenters. The third kappa shape index (κ3) is 29.5. The lowest BCUT2D eigenvalue weighted by atomic mass is 10.1. The van der Waals surface area contributed by atoms with Crippen molar-refractivity contribution in [1.82, 2.24) is 0 Å². The third-order valence-electron chi connectivity index (χ3n) is 5.48. The average molecular weight is 498 g/mol. The number of hydrogen-bond acceptors (Lipinski definition) is 0. The van der Waals surface area contributed by atoms with E-state index in [-0.39, 0.29) is 0 Å². The Bertz CT molecular complexity index is 211. The van der Waals surface area contributed by atoms with Gasteiger partial charge in [-0.2, -0.15) is 0 Å². The average Bonchev–Trinajstić information content (AvgIpc) is 2.69. The first-order valence-electron chi connectivity index (χ1n) is 12.8. The van der Waals surface area contributed by atoms with Gasteiger partial charge in [0, 0.05) is 0 Å². The topological polar surface area (TPSA) is 0 Å². The maximum absolute atomic E-state index is 3.17. The van der Waals surface area contributed by atoms with E-state index in [0.717, 1.165) is 7.28 Å². The standard InChI is InChI=1S/C24H51P.CH4BrP/c1-4-7-10-13-16-19-22-25(23-20-17-14-11-8-5-2)24-21-18-15-12-9-6-3;1-3-2/h4-24H2,1-3H3;3H,1H3. The van der Waals surface area contributed by atoms with E-state index in [4.69, 9.17) is 0 Å². The Morgan fingerprint density at radius 1 is 0.464 bits per heavy atom. The highest BCUT2D eigenvalue weighted by molar-refractivity contribution is 9.36. The van der Waals surface area contributed by atoms with Crippen molar-refractivity contribution in [3.63, 3.8) is 0 Å². The highest BCUT2D eigenvalue weighted by atomic mass is 79.9. The summed E-state index contributed by atoms with van der Waals surface area (Å²) in [6, 6.07) is 0. The first-order valence-corrected chi connectivity index (χ1v) is 18.4. The van der Waals surface area contributed by atoms with Gasteiger partial charge in [0.05, 0.1) is 0 Å². The summed E-state index contributed by atoms with van der Waals surface area (Å²) in [5.74, 6) is 0. The number of unbranched alkanes of at least 4 members (excludes halogenated alkanes) is 15. The van der Waals surface area contributed by atoms with Gasteiger partial charge < -0.3 is 0 Å². The first kappa shape index (κ1) is 31.5. The lowest BCUT2D eigenvalue weighted by Crippen LogP contribution is -1.97. The molecule has 3 heteroatoms. The fourth-order valence-electron chi connectivity index (χ4n) is 3.68. The third-order valence-corrected chi connectivity index (χ3v) is 8.33. The van der Waals surface area contributed by atoms with Crippen molar-refractivity contribution in [1.29, 1.82) is 0 Å². The Labute approximate surface area is 191 Å². The summed E-state index contributed by atoms with van der Waals surface area (Å²) in [6.45, 7) is 9.03. The Morgan fingerprint density at radius 2 is 0.679 bits per heavy atom. The van der Waals surface area contributed by atoms with E-state index < -0.39 is 0 Å². The van der Waals surface area contributed by atoms with E-state index in [9.17, 15) is 0 Å². The predicted octanol–water partition coefficient (Wildman–Crippen LogP) is 11.2. The summed E-state index contributed by atoms with van der Waals surface area (Å²) in [5.41, 5.74) is 0. The van der Waals surface area contributed by atoms with Gasteiger partial charge in [0.2, 0.25) is 0 Å². The summed E-state index contributed by atoms with van der Waals surface area (Å²) in [5, 5.41) is 0. The van der Waals surface area contributed by atoms with Gasteiger partial charge in [-0.25, -0.2) is 0 Å². The van der Waals surface area contributed by atoms with Crippen LogP contribution in [-0.2, 0) is 0 Å². The molecular formula is C25H55BrP2. The van der Waals surface area contributed by atoms with Crippen LogP contribution < -0.4 is 0 Å². The zero-order valence-electron chi connectivity index (χ0n) is 20.2. The molecule has 0 aromatic carbocycles. The zero-order chi connectivity index (χ0) is 21.1. The number of halogens is 1. The molecule has 0 aliphatic heterocycles. The van der Waals surface area contributed by atoms with Gasteiger partial charge in [-0.15, -0.1) is 7.92 Å². The molecule has 0 rings (SSSR count). The molecular weight excluding hydrogens is 442 g/mol. The van der Waals surface area contributed by atoms with E-state index in [1.807, 2.05) is 0 Å². The molecule has 0 aromatic rings. The molecule has 0 N–H and O–H groups in total. The van der Waals surface area contributed by atoms with Gasteiger partial charge in [-0.1, -0.05) is 140 Å². The second kappa shape index (κ2) is 30.5. The monoisotopic (exact) mass is 496 g/mol. The normalized spacial score (nSPS) is 11.4. The van der Waals surface area contributed by atoms with Crippen molar-refractivity contribution in [2.45, 2.75) is 136 Å². The van der Waals surface area contributed by atoms with Gasteiger partial charge in [0.25, 0.3) is 0 Å². The molecule has 0 radical (unpaired) electrons. The molecule has 0 nitrogen and oxygen atoms in total. The van der Waals surface area contributed by atoms with E-state index in [1.165, 1.54) is 116 Å². The minimum absolute atomic E-state index is 0.366. The zero-order valence-corrected chi connectivity index (χ0v) is 23.7. The van der Waals surface area contributed by atoms with Crippen LogP contribution in [0.5, 0.6) is 0 Å². The van der Waals surface area contributed by atoms with Crippen LogP contribution in [0.15, 0.2) is 0 Å². The van der Waals surface area contributed by atoms with Crippen molar-refractivity contribution >= 4 is 30.7 Å². The largest absolute Gasteiger partial charge is 0.107 e. The summed E-state index contributed by atoms with van der Waals surface area (Å²) in [7, 11) is 1.26. The van der Waals surface area contributed by atoms with Crippen molar-refractivity contribution in [2.24, 2.45) is 0 Å². The van der Waals surface area contributed by atoms with Crippen LogP contribution in [0.3, 0.4) is 0 Å². The highest BCUT2D eigenvalue weighted by Gasteiger charge is 2.07. The smallest absolute Gasteiger partial charge is 0.0326 e. The van der Waals surface area contributed by atoms with Gasteiger partial charge in [0.15, 0.2) is 0 Å². The predicted molar refractivity (Wildman–Crippen MR) is 145 cm³/mol. The molecule has 1 atom stereocenters. The van der Waals surface area contributed by atoms with Crippen LogP contribution in [0.1, 0.15) is 136 Å². The van der Waals surface area contributed by atoms with Gasteiger partial charge in [0.1, 0.15) is 0 Å². The van der Waals surface area contributed by atoms with Crippen molar-refractivity contribution in [3.8, 4) is 0 Å². The maximum Gasteiger partial charge on any atom is -0.0326 e. The van der Waals surface area contributed by atoms with Crippen LogP contribution in [0.2, 0.25) is 0 Å². The highest BCUT2D eigenvalue weighted by Crippen LogP contribution is 2.39. The van der Waals surface area contributed by atoms with Crippen LogP contribution in [-0.4, -0.2) is 25.2 Å². The number of hydrogen-bond donors (Lipinski definition) is 0. The molecule has 0 bridgehead atoms. The van der Waals surface area contributed by atoms with Crippen molar-refractivity contribution in [2.75, 3.05) is 25.2 Å². The fraction of sp³-hybridized carbons (Fsp3) is 1.00. The Hall–Kier alpha value is 1.34. The van der Waals surface area contributed by atoms with Crippen LogP contribution in [0.25, 0.3) is 0 Å². The summed E-state index contributed by atoms with van der Waals surface area (Å²) >= 11 is 3.17. The quantitative estimate of drug-likeness (QED) is 0.109. The van der Waals surface area contributed by atoms with Crippen molar-refractivity contribution < 1.29 is 0 Å². The Kier molecular flexibility index (Phi) is 34.4. The molecule has 172 valence electrons. The summed E-state index contributed by atoms with van der Waals surface area (Å²) in [6.07, 6.45) is 31.2. The summed E-state index contributed by atoms with van der Waals surface area (Å²) < 4.78 is 0. The van der Waals surface area contributed by atoms with E-state index in [0.29, 0.717) is 7.92 Å². The van der Waals surface area contributed by atoms with Gasteiger partial charge in [-0.3, -0.25) is 0 Å². The molecule has 0 aliphatic rings. The van der Waals surface area contributed by atoms with E-state index in [2.05, 4.69) is 42.9 Å². The lowest BCUT2D eigenvalue weighted by Gasteiger charge is -2.18. The fourth-order valence-corrected chi connectivity index (χ4v) is 6.37. The number of rotatable bonds is 21. The summed E-state index contributed by atoms with van der Waals surface area (Å²) in [4.78, 5) is 0. The molecule has 0 spiro atoms. The van der Waals surface area contributed by atoms with Gasteiger partial charge in [-0.05, 0) is 44.4 Å². The second-order valence-electron chi connectivity index (χ2n) is 8.33. The molecule has 0 fully saturated rings. The SMILES string of the molecule is CCCCCCCCP(CCCCCCCC)CCCCCCCC.CPBr. The van der Waals surface area contributed by atoms with Crippen LogP contribution >= 0.6 is 30.7 Å². The molecule has 0 aromatic heterocycles. The molecule has 0 amide bonds. The molecule has 0 aliphatic carbocycles. The van der Waals surface area contributed by atoms with Crippen LogP contribution in [0, 0.1) is 0 Å². The maximum atomic E-state index is 3.17. The lowest BCUT2D eigenvalue weighted by molar-refractivity contribution is 0.617. The van der Waals surface area contributed by atoms with Crippen molar-refractivity contribution in [3.05, 3.63) is 0 Å². The molecule has 0 heterocycles. The second-order valence-corrected chi connectivity index (χ2v) is 13.8. The Balaban J connectivity index is 0. The molecule has 0 saturated carbocycles. The Morgan fingerprint density at radius 3 is 0.929 bits per heavy atom. The van der Waals surface area contributed by atoms with Crippen LogP contribution in [0.4, 0.5) is 0 Å². The van der Waals surface area contributed by atoms with E-state index in [1.54, 1.807) is 18.5 Å². The minimum Gasteiger partial charge on any atom is -0.107 e. The first-order chi connectivity index (χ1) is 13.8. The molecule has 0 saturated heterocycles. The minimum atomic E-state index is 0.366. The van der Waals surface area contributed by atoms with Gasteiger partial charge >= 0.3 is 0 Å².